The van der Waals surface area contributed by atoms with Gasteiger partial charge in [0.1, 0.15) is 6.04 Å². The van der Waals surface area contributed by atoms with Gasteiger partial charge in [0.25, 0.3) is 0 Å². The zero-order valence-corrected chi connectivity index (χ0v) is 18.3. The van der Waals surface area contributed by atoms with Gasteiger partial charge in [-0.1, -0.05) is 51.0 Å². The monoisotopic (exact) mass is 439 g/mol. The SMILES string of the molecule is CCCCC(C(=O)NC(Cc1c[nH]cn1)C(=O)O)C(C)Cc1ccc(-c2nnn[nH]2)cc1. The highest BCUT2D eigenvalue weighted by Crippen LogP contribution is 2.24. The molecule has 1 aromatic carbocycles. The third-order valence-corrected chi connectivity index (χ3v) is 5.61. The molecule has 3 rings (SSSR count). The van der Waals surface area contributed by atoms with Gasteiger partial charge >= 0.3 is 5.97 Å². The predicted molar refractivity (Wildman–Crippen MR) is 117 cm³/mol. The van der Waals surface area contributed by atoms with E-state index in [1.807, 2.05) is 31.2 Å². The number of aromatic amines is 2. The number of nitrogens with one attached hydrogen (secondary N) is 3. The van der Waals surface area contributed by atoms with Gasteiger partial charge in [0.15, 0.2) is 5.82 Å². The van der Waals surface area contributed by atoms with Crippen LogP contribution in [0.15, 0.2) is 36.8 Å². The van der Waals surface area contributed by atoms with Crippen LogP contribution in [0.3, 0.4) is 0 Å². The first-order chi connectivity index (χ1) is 15.5. The number of nitrogens with zero attached hydrogens (tertiary/aromatic N) is 4. The second-order valence-electron chi connectivity index (χ2n) is 8.04. The van der Waals surface area contributed by atoms with E-state index in [4.69, 9.17) is 0 Å². The summed E-state index contributed by atoms with van der Waals surface area (Å²) in [5, 5.41) is 26.1. The van der Waals surface area contributed by atoms with Crippen molar-refractivity contribution in [1.82, 2.24) is 35.9 Å². The molecule has 0 radical (unpaired) electrons. The molecular formula is C22H29N7O3. The Balaban J connectivity index is 1.66. The van der Waals surface area contributed by atoms with Crippen LogP contribution in [0.4, 0.5) is 0 Å². The van der Waals surface area contributed by atoms with Crippen molar-refractivity contribution in [2.75, 3.05) is 0 Å². The maximum absolute atomic E-state index is 13.1. The molecular weight excluding hydrogens is 410 g/mol. The molecule has 3 aromatic rings. The number of hydrogen-bond donors (Lipinski definition) is 4. The van der Waals surface area contributed by atoms with Crippen LogP contribution in [0.1, 0.15) is 44.4 Å². The number of amides is 1. The lowest BCUT2D eigenvalue weighted by Crippen LogP contribution is -2.46. The van der Waals surface area contributed by atoms with Crippen molar-refractivity contribution in [3.05, 3.63) is 48.0 Å². The summed E-state index contributed by atoms with van der Waals surface area (Å²) in [4.78, 5) is 31.7. The lowest BCUT2D eigenvalue weighted by atomic mass is 9.84. The van der Waals surface area contributed by atoms with Gasteiger partial charge < -0.3 is 15.4 Å². The van der Waals surface area contributed by atoms with E-state index >= 15 is 0 Å². The van der Waals surface area contributed by atoms with Crippen molar-refractivity contribution >= 4 is 11.9 Å². The van der Waals surface area contributed by atoms with E-state index in [0.29, 0.717) is 24.4 Å². The maximum Gasteiger partial charge on any atom is 0.326 e. The van der Waals surface area contributed by atoms with Crippen molar-refractivity contribution in [3.63, 3.8) is 0 Å². The van der Waals surface area contributed by atoms with E-state index in [-0.39, 0.29) is 24.2 Å². The third kappa shape index (κ3) is 6.22. The predicted octanol–water partition coefficient (Wildman–Crippen LogP) is 2.39. The number of aromatic nitrogens is 6. The fourth-order valence-corrected chi connectivity index (χ4v) is 3.78. The van der Waals surface area contributed by atoms with Gasteiger partial charge in [-0.2, -0.15) is 0 Å². The molecule has 0 saturated carbocycles. The first kappa shape index (κ1) is 23.1. The number of carboxylic acid groups (broad SMARTS) is 1. The number of H-pyrrole nitrogens is 2. The summed E-state index contributed by atoms with van der Waals surface area (Å²) < 4.78 is 0. The number of aliphatic carboxylic acids is 1. The average molecular weight is 440 g/mol. The number of carbonyl (C=O) groups excluding carboxylic acids is 1. The molecule has 2 heterocycles. The van der Waals surface area contributed by atoms with E-state index in [1.165, 1.54) is 6.33 Å². The third-order valence-electron chi connectivity index (χ3n) is 5.61. The number of carboxylic acids is 1. The molecule has 3 atom stereocenters. The van der Waals surface area contributed by atoms with Gasteiger partial charge in [-0.3, -0.25) is 4.79 Å². The van der Waals surface area contributed by atoms with Gasteiger partial charge in [-0.25, -0.2) is 14.9 Å². The van der Waals surface area contributed by atoms with Crippen molar-refractivity contribution in [1.29, 1.82) is 0 Å². The van der Waals surface area contributed by atoms with Gasteiger partial charge in [-0.15, -0.1) is 5.10 Å². The number of carbonyl (C=O) groups is 2. The summed E-state index contributed by atoms with van der Waals surface area (Å²) in [6.07, 6.45) is 6.54. The number of hydrogen-bond acceptors (Lipinski definition) is 6. The van der Waals surface area contributed by atoms with Crippen LogP contribution < -0.4 is 5.32 Å². The molecule has 0 aliphatic heterocycles. The van der Waals surface area contributed by atoms with Gasteiger partial charge in [0.05, 0.1) is 12.0 Å². The zero-order chi connectivity index (χ0) is 22.9. The fourth-order valence-electron chi connectivity index (χ4n) is 3.78. The highest BCUT2D eigenvalue weighted by Gasteiger charge is 2.29. The molecule has 0 saturated heterocycles. The molecule has 4 N–H and O–H groups in total. The standard InChI is InChI=1S/C22H29N7O3/c1-3-4-5-18(21(30)25-19(22(31)32)11-17-12-23-13-24-17)14(2)10-15-6-8-16(9-7-15)20-26-28-29-27-20/h6-9,12-14,18-19H,3-5,10-11H2,1-2H3,(H,23,24)(H,25,30)(H,31,32)(H,26,27,28,29). The van der Waals surface area contributed by atoms with Crippen molar-refractivity contribution in [2.24, 2.45) is 11.8 Å². The van der Waals surface area contributed by atoms with Crippen molar-refractivity contribution < 1.29 is 14.7 Å². The Kier molecular flexibility index (Phi) is 8.07. The molecule has 10 nitrogen and oxygen atoms in total. The summed E-state index contributed by atoms with van der Waals surface area (Å²) in [5.41, 5.74) is 2.57. The van der Waals surface area contributed by atoms with Crippen LogP contribution in [0.25, 0.3) is 11.4 Å². The summed E-state index contributed by atoms with van der Waals surface area (Å²) in [6, 6.07) is 6.87. The summed E-state index contributed by atoms with van der Waals surface area (Å²) >= 11 is 0. The topological polar surface area (TPSA) is 150 Å². The molecule has 3 unspecified atom stereocenters. The highest BCUT2D eigenvalue weighted by atomic mass is 16.4. The van der Waals surface area contributed by atoms with E-state index in [9.17, 15) is 14.7 Å². The Morgan fingerprint density at radius 1 is 1.19 bits per heavy atom. The Morgan fingerprint density at radius 2 is 1.97 bits per heavy atom. The minimum absolute atomic E-state index is 0.0409. The second kappa shape index (κ2) is 11.2. The van der Waals surface area contributed by atoms with Crippen LogP contribution in [0.5, 0.6) is 0 Å². The van der Waals surface area contributed by atoms with Crippen LogP contribution in [0, 0.1) is 11.8 Å². The van der Waals surface area contributed by atoms with Crippen molar-refractivity contribution in [3.8, 4) is 11.4 Å². The molecule has 0 bridgehead atoms. The summed E-state index contributed by atoms with van der Waals surface area (Å²) in [6.45, 7) is 4.12. The number of rotatable bonds is 12. The first-order valence-electron chi connectivity index (χ1n) is 10.8. The molecule has 0 aliphatic rings. The number of tetrazole rings is 1. The summed E-state index contributed by atoms with van der Waals surface area (Å²) in [7, 11) is 0. The molecule has 0 fully saturated rings. The number of unbranched alkanes of at least 4 members (excludes halogenated alkanes) is 1. The van der Waals surface area contributed by atoms with E-state index in [2.05, 4.69) is 42.8 Å². The smallest absolute Gasteiger partial charge is 0.326 e. The Bertz CT molecular complexity index is 972. The van der Waals surface area contributed by atoms with Crippen LogP contribution in [0.2, 0.25) is 0 Å². The Labute approximate surface area is 186 Å². The minimum atomic E-state index is -1.07. The van der Waals surface area contributed by atoms with Gasteiger partial charge in [-0.05, 0) is 34.7 Å². The largest absolute Gasteiger partial charge is 0.480 e. The van der Waals surface area contributed by atoms with Crippen molar-refractivity contribution in [2.45, 2.75) is 52.0 Å². The van der Waals surface area contributed by atoms with E-state index in [0.717, 1.165) is 24.0 Å². The average Bonchev–Trinajstić information content (AvgIpc) is 3.48. The van der Waals surface area contributed by atoms with E-state index < -0.39 is 12.0 Å². The molecule has 0 spiro atoms. The Hall–Kier alpha value is -3.56. The molecule has 2 aromatic heterocycles. The number of imidazole rings is 1. The fraction of sp³-hybridized carbons (Fsp3) is 0.455. The summed E-state index contributed by atoms with van der Waals surface area (Å²) in [5.74, 6) is -0.936. The normalized spacial score (nSPS) is 13.9. The second-order valence-corrected chi connectivity index (χ2v) is 8.04. The molecule has 170 valence electrons. The number of benzene rings is 1. The molecule has 1 amide bonds. The van der Waals surface area contributed by atoms with Gasteiger partial charge in [0.2, 0.25) is 5.91 Å². The first-order valence-corrected chi connectivity index (χ1v) is 10.8. The van der Waals surface area contributed by atoms with E-state index in [1.54, 1.807) is 6.20 Å². The van der Waals surface area contributed by atoms with Crippen LogP contribution in [-0.4, -0.2) is 53.6 Å². The minimum Gasteiger partial charge on any atom is -0.480 e. The maximum atomic E-state index is 13.1. The van der Waals surface area contributed by atoms with Gasteiger partial charge in [0, 0.05) is 24.1 Å². The van der Waals surface area contributed by atoms with Crippen LogP contribution in [-0.2, 0) is 22.4 Å². The Morgan fingerprint density at radius 3 is 2.56 bits per heavy atom. The molecule has 10 heteroatoms. The zero-order valence-electron chi connectivity index (χ0n) is 18.3. The molecule has 32 heavy (non-hydrogen) atoms. The lowest BCUT2D eigenvalue weighted by molar-refractivity contribution is -0.142. The molecule has 0 aliphatic carbocycles. The lowest BCUT2D eigenvalue weighted by Gasteiger charge is -2.25. The quantitative estimate of drug-likeness (QED) is 0.338. The highest BCUT2D eigenvalue weighted by molar-refractivity contribution is 5.85. The van der Waals surface area contributed by atoms with Crippen LogP contribution >= 0.6 is 0 Å².